The highest BCUT2D eigenvalue weighted by molar-refractivity contribution is 7.92. The zero-order valence-corrected chi connectivity index (χ0v) is 15.2. The van der Waals surface area contributed by atoms with Crippen LogP contribution in [-0.4, -0.2) is 13.9 Å². The molecule has 0 aliphatic rings. The van der Waals surface area contributed by atoms with Crippen LogP contribution in [0.5, 0.6) is 0 Å². The maximum absolute atomic E-state index is 14.9. The molecule has 0 fully saturated rings. The van der Waals surface area contributed by atoms with E-state index in [1.807, 2.05) is 0 Å². The average molecular weight is 395 g/mol. The van der Waals surface area contributed by atoms with Gasteiger partial charge in [0.25, 0.3) is 9.84 Å². The van der Waals surface area contributed by atoms with Gasteiger partial charge in [-0.05, 0) is 29.2 Å². The van der Waals surface area contributed by atoms with Gasteiger partial charge >= 0.3 is 5.51 Å². The predicted octanol–water partition coefficient (Wildman–Crippen LogP) is 5.74. The lowest BCUT2D eigenvalue weighted by atomic mass is 9.85. The maximum atomic E-state index is 14.9. The third-order valence-corrected chi connectivity index (χ3v) is 5.46. The molecule has 0 radical (unpaired) electrons. The van der Waals surface area contributed by atoms with E-state index >= 15 is 0 Å². The Bertz CT molecular complexity index is 913. The molecule has 0 atom stereocenters. The first-order chi connectivity index (χ1) is 11.3. The smallest absolute Gasteiger partial charge is 0.214 e. The zero-order chi connectivity index (χ0) is 19.2. The summed E-state index contributed by atoms with van der Waals surface area (Å²) < 4.78 is 76.3. The summed E-state index contributed by atoms with van der Waals surface area (Å²) in [5, 5.41) is -0.0499. The van der Waals surface area contributed by atoms with E-state index in [1.54, 1.807) is 32.9 Å². The van der Waals surface area contributed by atoms with Crippen LogP contribution < -0.4 is 0 Å². The fourth-order valence-corrected chi connectivity index (χ4v) is 3.34. The molecule has 25 heavy (non-hydrogen) atoms. The van der Waals surface area contributed by atoms with Crippen molar-refractivity contribution in [1.29, 1.82) is 0 Å². The molecule has 0 heterocycles. The van der Waals surface area contributed by atoms with Crippen LogP contribution in [0.15, 0.2) is 41.3 Å². The third kappa shape index (κ3) is 3.67. The van der Waals surface area contributed by atoms with Crippen molar-refractivity contribution in [1.82, 2.24) is 0 Å². The van der Waals surface area contributed by atoms with Crippen molar-refractivity contribution in [2.75, 3.05) is 0 Å². The minimum Gasteiger partial charge on any atom is -0.214 e. The SMILES string of the molecule is CC(C)(C)c1cccc(-c2cc(S(=O)(=O)C(F)(F)F)ccc2Cl)c1F. The Morgan fingerprint density at radius 2 is 1.56 bits per heavy atom. The van der Waals surface area contributed by atoms with Crippen molar-refractivity contribution in [3.05, 3.63) is 52.8 Å². The van der Waals surface area contributed by atoms with Crippen molar-refractivity contribution in [3.63, 3.8) is 0 Å². The third-order valence-electron chi connectivity index (χ3n) is 3.65. The first kappa shape index (κ1) is 19.7. The predicted molar refractivity (Wildman–Crippen MR) is 88.8 cm³/mol. The second-order valence-electron chi connectivity index (χ2n) is 6.51. The molecule has 0 saturated carbocycles. The molecule has 2 aromatic rings. The summed E-state index contributed by atoms with van der Waals surface area (Å²) in [4.78, 5) is -0.986. The molecular formula is C17H15ClF4O2S. The molecule has 136 valence electrons. The number of hydrogen-bond acceptors (Lipinski definition) is 2. The van der Waals surface area contributed by atoms with Gasteiger partial charge < -0.3 is 0 Å². The second-order valence-corrected chi connectivity index (χ2v) is 8.86. The van der Waals surface area contributed by atoms with Crippen molar-refractivity contribution in [3.8, 4) is 11.1 Å². The van der Waals surface area contributed by atoms with Gasteiger partial charge in [-0.15, -0.1) is 0 Å². The molecule has 2 aromatic carbocycles. The van der Waals surface area contributed by atoms with E-state index < -0.39 is 31.5 Å². The molecule has 0 amide bonds. The first-order valence-corrected chi connectivity index (χ1v) is 9.03. The molecule has 0 bridgehead atoms. The Balaban J connectivity index is 2.73. The van der Waals surface area contributed by atoms with Crippen LogP contribution in [0.1, 0.15) is 26.3 Å². The van der Waals surface area contributed by atoms with Gasteiger partial charge in [-0.2, -0.15) is 13.2 Å². The lowest BCUT2D eigenvalue weighted by Crippen LogP contribution is -2.23. The fourth-order valence-electron chi connectivity index (χ4n) is 2.33. The monoisotopic (exact) mass is 394 g/mol. The first-order valence-electron chi connectivity index (χ1n) is 7.17. The molecule has 0 aliphatic heterocycles. The van der Waals surface area contributed by atoms with Crippen LogP contribution in [0.25, 0.3) is 11.1 Å². The van der Waals surface area contributed by atoms with Crippen LogP contribution in [0.2, 0.25) is 5.02 Å². The topological polar surface area (TPSA) is 34.1 Å². The molecule has 0 spiro atoms. The van der Waals surface area contributed by atoms with E-state index in [9.17, 15) is 26.0 Å². The Kier molecular flexibility index (Phi) is 4.96. The highest BCUT2D eigenvalue weighted by Gasteiger charge is 2.47. The lowest BCUT2D eigenvalue weighted by Gasteiger charge is -2.21. The van der Waals surface area contributed by atoms with Gasteiger partial charge in [0.05, 0.1) is 4.90 Å². The van der Waals surface area contributed by atoms with E-state index in [0.717, 1.165) is 18.2 Å². The van der Waals surface area contributed by atoms with Crippen LogP contribution in [0.3, 0.4) is 0 Å². The minimum absolute atomic E-state index is 0.0499. The number of halogens is 5. The van der Waals surface area contributed by atoms with Gasteiger partial charge in [0, 0.05) is 16.1 Å². The Hall–Kier alpha value is -1.60. The zero-order valence-electron chi connectivity index (χ0n) is 13.6. The highest BCUT2D eigenvalue weighted by atomic mass is 35.5. The normalized spacial score (nSPS) is 13.1. The number of rotatable bonds is 2. The molecular weight excluding hydrogens is 380 g/mol. The van der Waals surface area contributed by atoms with Gasteiger partial charge in [-0.1, -0.05) is 50.6 Å². The van der Waals surface area contributed by atoms with E-state index in [2.05, 4.69) is 0 Å². The lowest BCUT2D eigenvalue weighted by molar-refractivity contribution is -0.0435. The van der Waals surface area contributed by atoms with Crippen molar-refractivity contribution in [2.24, 2.45) is 0 Å². The molecule has 0 N–H and O–H groups in total. The van der Waals surface area contributed by atoms with Gasteiger partial charge in [0.15, 0.2) is 0 Å². The van der Waals surface area contributed by atoms with Gasteiger partial charge in [-0.25, -0.2) is 12.8 Å². The van der Waals surface area contributed by atoms with E-state index in [1.165, 1.54) is 6.07 Å². The molecule has 2 rings (SSSR count). The summed E-state index contributed by atoms with van der Waals surface area (Å²) in [6, 6.07) is 6.95. The summed E-state index contributed by atoms with van der Waals surface area (Å²) in [5.74, 6) is -0.654. The summed E-state index contributed by atoms with van der Waals surface area (Å²) in [6.45, 7) is 5.34. The van der Waals surface area contributed by atoms with Gasteiger partial charge in [0.2, 0.25) is 0 Å². The molecule has 8 heteroatoms. The fraction of sp³-hybridized carbons (Fsp3) is 0.294. The summed E-state index contributed by atoms with van der Waals surface area (Å²) in [6.07, 6.45) is 0. The summed E-state index contributed by atoms with van der Waals surface area (Å²) in [7, 11) is -5.56. The van der Waals surface area contributed by atoms with Crippen molar-refractivity contribution >= 4 is 21.4 Å². The van der Waals surface area contributed by atoms with Crippen molar-refractivity contribution < 1.29 is 26.0 Å². The van der Waals surface area contributed by atoms with E-state index in [0.29, 0.717) is 5.56 Å². The average Bonchev–Trinajstić information content (AvgIpc) is 2.45. The highest BCUT2D eigenvalue weighted by Crippen LogP contribution is 2.38. The molecule has 0 aromatic heterocycles. The summed E-state index contributed by atoms with van der Waals surface area (Å²) in [5.41, 5.74) is -5.84. The van der Waals surface area contributed by atoms with Gasteiger partial charge in [0.1, 0.15) is 5.82 Å². The molecule has 0 unspecified atom stereocenters. The second kappa shape index (κ2) is 6.29. The number of alkyl halides is 3. The van der Waals surface area contributed by atoms with E-state index in [4.69, 9.17) is 11.6 Å². The number of benzene rings is 2. The van der Waals surface area contributed by atoms with Crippen LogP contribution >= 0.6 is 11.6 Å². The maximum Gasteiger partial charge on any atom is 0.501 e. The molecule has 0 aliphatic carbocycles. The Morgan fingerprint density at radius 3 is 2.08 bits per heavy atom. The quantitative estimate of drug-likeness (QED) is 0.609. The number of sulfone groups is 1. The van der Waals surface area contributed by atoms with Crippen LogP contribution in [0, 0.1) is 5.82 Å². The van der Waals surface area contributed by atoms with E-state index in [-0.39, 0.29) is 16.1 Å². The van der Waals surface area contributed by atoms with Gasteiger partial charge in [-0.3, -0.25) is 0 Å². The number of hydrogen-bond donors (Lipinski definition) is 0. The standard InChI is InChI=1S/C17H15ClF4O2S/c1-16(2,3)13-6-4-5-11(15(13)19)12-9-10(7-8-14(12)18)25(23,24)17(20,21)22/h4-9H,1-3H3. The molecule has 0 saturated heterocycles. The van der Waals surface area contributed by atoms with Crippen LogP contribution in [-0.2, 0) is 15.3 Å². The van der Waals surface area contributed by atoms with Crippen LogP contribution in [0.4, 0.5) is 17.6 Å². The minimum atomic E-state index is -5.56. The Morgan fingerprint density at radius 1 is 0.960 bits per heavy atom. The van der Waals surface area contributed by atoms with Crippen molar-refractivity contribution in [2.45, 2.75) is 36.6 Å². The molecule has 2 nitrogen and oxygen atoms in total. The Labute approximate surface area is 148 Å². The largest absolute Gasteiger partial charge is 0.501 e. The summed E-state index contributed by atoms with van der Waals surface area (Å²) >= 11 is 5.99.